The van der Waals surface area contributed by atoms with Crippen LogP contribution in [0, 0.1) is 5.92 Å². The fourth-order valence-corrected chi connectivity index (χ4v) is 7.19. The highest BCUT2D eigenvalue weighted by Crippen LogP contribution is 2.41. The first-order chi connectivity index (χ1) is 18.5. The Bertz CT molecular complexity index is 1290. The fourth-order valence-electron chi connectivity index (χ4n) is 5.08. The van der Waals surface area contributed by atoms with Crippen molar-refractivity contribution >= 4 is 40.0 Å². The minimum Gasteiger partial charge on any atom is -0.462 e. The number of rotatable bonds is 10. The molecule has 1 aliphatic heterocycles. The average Bonchev–Trinajstić information content (AvgIpc) is 3.70. The van der Waals surface area contributed by atoms with E-state index in [1.54, 1.807) is 11.6 Å². The standard InChI is InChI=1S/C26H34N6O4S2/c1-4-16-8-9-18-20(13-16)38-24(22(18)25(34)35-5-2)27-21(33)15-37-26-29-28-23(19-10-11-31(3)30-19)32(26)14-17-7-6-12-36-17/h10-11,16-17H,4-9,12-15H2,1-3H3,(H,27,33)/t16-,17+/m0/s1. The first kappa shape index (κ1) is 26.9. The number of fused-ring (bicyclic) bond motifs is 1. The van der Waals surface area contributed by atoms with Crippen molar-refractivity contribution in [2.24, 2.45) is 13.0 Å². The molecule has 1 saturated heterocycles. The quantitative estimate of drug-likeness (QED) is 0.289. The summed E-state index contributed by atoms with van der Waals surface area (Å²) in [5, 5.41) is 17.5. The number of hydrogen-bond acceptors (Lipinski definition) is 9. The van der Waals surface area contributed by atoms with Crippen molar-refractivity contribution in [3.63, 3.8) is 0 Å². The number of carbonyl (C=O) groups is 2. The number of aryl methyl sites for hydroxylation is 1. The molecular formula is C26H34N6O4S2. The summed E-state index contributed by atoms with van der Waals surface area (Å²) >= 11 is 2.83. The summed E-state index contributed by atoms with van der Waals surface area (Å²) in [4.78, 5) is 27.1. The van der Waals surface area contributed by atoms with Gasteiger partial charge in [-0.05, 0) is 56.6 Å². The van der Waals surface area contributed by atoms with E-state index in [0.717, 1.165) is 56.4 Å². The van der Waals surface area contributed by atoms with Gasteiger partial charge >= 0.3 is 5.97 Å². The van der Waals surface area contributed by atoms with Gasteiger partial charge in [0.15, 0.2) is 11.0 Å². The number of ether oxygens (including phenoxy) is 2. The zero-order valence-electron chi connectivity index (χ0n) is 22.1. The molecule has 204 valence electrons. The molecule has 0 radical (unpaired) electrons. The van der Waals surface area contributed by atoms with Crippen LogP contribution in [0.15, 0.2) is 17.4 Å². The largest absolute Gasteiger partial charge is 0.462 e. The summed E-state index contributed by atoms with van der Waals surface area (Å²) in [5.41, 5.74) is 2.29. The van der Waals surface area contributed by atoms with Gasteiger partial charge in [0.25, 0.3) is 0 Å². The minimum atomic E-state index is -0.362. The molecule has 0 saturated carbocycles. The molecule has 12 heteroatoms. The summed E-state index contributed by atoms with van der Waals surface area (Å²) in [6, 6.07) is 1.90. The Kier molecular flexibility index (Phi) is 8.49. The third-order valence-electron chi connectivity index (χ3n) is 7.08. The van der Waals surface area contributed by atoms with Crippen LogP contribution in [0.5, 0.6) is 0 Å². The molecule has 2 aliphatic rings. The number of thiophene rings is 1. The maximum atomic E-state index is 13.1. The van der Waals surface area contributed by atoms with E-state index in [1.165, 1.54) is 28.0 Å². The van der Waals surface area contributed by atoms with E-state index >= 15 is 0 Å². The van der Waals surface area contributed by atoms with E-state index in [2.05, 4.69) is 27.5 Å². The Morgan fingerprint density at radius 3 is 2.87 bits per heavy atom. The second-order valence-electron chi connectivity index (χ2n) is 9.71. The topological polar surface area (TPSA) is 113 Å². The van der Waals surface area contributed by atoms with Gasteiger partial charge in [-0.2, -0.15) is 5.10 Å². The molecule has 10 nitrogen and oxygen atoms in total. The molecule has 1 aliphatic carbocycles. The molecule has 3 aromatic heterocycles. The third-order valence-corrected chi connectivity index (χ3v) is 9.22. The number of aromatic nitrogens is 5. The molecule has 4 heterocycles. The van der Waals surface area contributed by atoms with E-state index in [-0.39, 0.29) is 23.7 Å². The summed E-state index contributed by atoms with van der Waals surface area (Å²) in [5.74, 6) is 0.842. The van der Waals surface area contributed by atoms with Gasteiger partial charge in [0.1, 0.15) is 10.7 Å². The highest BCUT2D eigenvalue weighted by molar-refractivity contribution is 7.99. The first-order valence-corrected chi connectivity index (χ1v) is 15.1. The number of nitrogens with zero attached hydrogens (tertiary/aromatic N) is 5. The Morgan fingerprint density at radius 1 is 1.29 bits per heavy atom. The van der Waals surface area contributed by atoms with Gasteiger partial charge < -0.3 is 14.8 Å². The van der Waals surface area contributed by atoms with E-state index in [0.29, 0.717) is 40.6 Å². The van der Waals surface area contributed by atoms with Gasteiger partial charge in [0.05, 0.1) is 30.6 Å². The van der Waals surface area contributed by atoms with Crippen molar-refractivity contribution in [2.45, 2.75) is 70.2 Å². The SMILES string of the molecule is CCOC(=O)c1c(NC(=O)CSc2nnc(-c3ccn(C)n3)n2C[C@H]2CCCO2)sc2c1CC[C@H](CC)C2. The highest BCUT2D eigenvalue weighted by atomic mass is 32.2. The molecule has 0 spiro atoms. The summed E-state index contributed by atoms with van der Waals surface area (Å²) in [6.07, 6.45) is 7.89. The van der Waals surface area contributed by atoms with E-state index in [4.69, 9.17) is 9.47 Å². The van der Waals surface area contributed by atoms with E-state index < -0.39 is 0 Å². The van der Waals surface area contributed by atoms with Crippen LogP contribution in [0.25, 0.3) is 11.5 Å². The lowest BCUT2D eigenvalue weighted by Crippen LogP contribution is -2.19. The van der Waals surface area contributed by atoms with E-state index in [1.807, 2.05) is 23.9 Å². The fraction of sp³-hybridized carbons (Fsp3) is 0.577. The highest BCUT2D eigenvalue weighted by Gasteiger charge is 2.30. The van der Waals surface area contributed by atoms with Crippen LogP contribution in [0.1, 0.15) is 60.3 Å². The zero-order valence-corrected chi connectivity index (χ0v) is 23.7. The smallest absolute Gasteiger partial charge is 0.341 e. The second kappa shape index (κ2) is 12.0. The Labute approximate surface area is 230 Å². The van der Waals surface area contributed by atoms with Crippen LogP contribution in [-0.4, -0.2) is 61.5 Å². The average molecular weight is 559 g/mol. The number of esters is 1. The van der Waals surface area contributed by atoms with Gasteiger partial charge in [-0.1, -0.05) is 25.1 Å². The maximum absolute atomic E-state index is 13.1. The summed E-state index contributed by atoms with van der Waals surface area (Å²) in [7, 11) is 1.86. The molecule has 1 fully saturated rings. The van der Waals surface area contributed by atoms with Crippen molar-refractivity contribution in [2.75, 3.05) is 24.3 Å². The van der Waals surface area contributed by atoms with Crippen molar-refractivity contribution in [3.8, 4) is 11.5 Å². The van der Waals surface area contributed by atoms with Gasteiger partial charge in [0.2, 0.25) is 5.91 Å². The normalized spacial score (nSPS) is 18.9. The molecule has 0 aromatic carbocycles. The van der Waals surface area contributed by atoms with Crippen LogP contribution in [-0.2, 0) is 40.7 Å². The lowest BCUT2D eigenvalue weighted by molar-refractivity contribution is -0.113. The number of amides is 1. The van der Waals surface area contributed by atoms with Gasteiger partial charge in [-0.3, -0.25) is 14.0 Å². The minimum absolute atomic E-state index is 0.0816. The van der Waals surface area contributed by atoms with Gasteiger partial charge in [-0.15, -0.1) is 21.5 Å². The molecular weight excluding hydrogens is 524 g/mol. The number of carbonyl (C=O) groups excluding carboxylic acids is 2. The first-order valence-electron chi connectivity index (χ1n) is 13.3. The summed E-state index contributed by atoms with van der Waals surface area (Å²) in [6.45, 7) is 5.65. The number of thioether (sulfide) groups is 1. The second-order valence-corrected chi connectivity index (χ2v) is 11.8. The van der Waals surface area contributed by atoms with Crippen LogP contribution in [0.2, 0.25) is 0 Å². The molecule has 38 heavy (non-hydrogen) atoms. The van der Waals surface area contributed by atoms with Gasteiger partial charge in [-0.25, -0.2) is 4.79 Å². The van der Waals surface area contributed by atoms with Crippen molar-refractivity contribution in [3.05, 3.63) is 28.3 Å². The number of nitrogens with one attached hydrogen (secondary N) is 1. The lowest BCUT2D eigenvalue weighted by Gasteiger charge is -2.20. The van der Waals surface area contributed by atoms with Crippen LogP contribution in [0.4, 0.5) is 5.00 Å². The lowest BCUT2D eigenvalue weighted by atomic mass is 9.85. The van der Waals surface area contributed by atoms with Crippen LogP contribution < -0.4 is 5.32 Å². The summed E-state index contributed by atoms with van der Waals surface area (Å²) < 4.78 is 14.9. The molecule has 1 amide bonds. The monoisotopic (exact) mass is 558 g/mol. The molecule has 2 atom stereocenters. The molecule has 0 unspecified atom stereocenters. The molecule has 3 aromatic rings. The molecule has 0 bridgehead atoms. The number of hydrogen-bond donors (Lipinski definition) is 1. The Hall–Kier alpha value is -2.70. The van der Waals surface area contributed by atoms with Crippen LogP contribution in [0.3, 0.4) is 0 Å². The Morgan fingerprint density at radius 2 is 2.16 bits per heavy atom. The van der Waals surface area contributed by atoms with Crippen LogP contribution >= 0.6 is 23.1 Å². The molecule has 1 N–H and O–H groups in total. The predicted molar refractivity (Wildman–Crippen MR) is 147 cm³/mol. The number of anilines is 1. The Balaban J connectivity index is 1.32. The van der Waals surface area contributed by atoms with Crippen molar-refractivity contribution in [1.29, 1.82) is 0 Å². The van der Waals surface area contributed by atoms with Crippen molar-refractivity contribution in [1.82, 2.24) is 24.5 Å². The van der Waals surface area contributed by atoms with E-state index in [9.17, 15) is 9.59 Å². The maximum Gasteiger partial charge on any atom is 0.341 e. The third kappa shape index (κ3) is 5.81. The van der Waals surface area contributed by atoms with Crippen molar-refractivity contribution < 1.29 is 19.1 Å². The predicted octanol–water partition coefficient (Wildman–Crippen LogP) is 4.34. The van der Waals surface area contributed by atoms with Gasteiger partial charge in [0, 0.05) is 24.7 Å². The molecule has 5 rings (SSSR count). The zero-order chi connectivity index (χ0) is 26.6.